The number of carbonyl (C=O) groups is 1. The van der Waals surface area contributed by atoms with Crippen molar-refractivity contribution < 1.29 is 4.79 Å². The van der Waals surface area contributed by atoms with E-state index >= 15 is 0 Å². The SMILES string of the molecule is NC(=O)c1ccc(CNc2c(Cl)cccc2Cl)cc1. The maximum atomic E-state index is 11.0. The van der Waals surface area contributed by atoms with Gasteiger partial charge >= 0.3 is 0 Å². The molecular formula is C14H12Cl2N2O. The van der Waals surface area contributed by atoms with Gasteiger partial charge in [0.05, 0.1) is 15.7 Å². The van der Waals surface area contributed by atoms with Gasteiger partial charge in [-0.15, -0.1) is 0 Å². The lowest BCUT2D eigenvalue weighted by Crippen LogP contribution is -2.10. The summed E-state index contributed by atoms with van der Waals surface area (Å²) in [6, 6.07) is 12.4. The van der Waals surface area contributed by atoms with Crippen LogP contribution in [0.5, 0.6) is 0 Å². The summed E-state index contributed by atoms with van der Waals surface area (Å²) in [6.45, 7) is 0.558. The number of halogens is 2. The van der Waals surface area contributed by atoms with Crippen molar-refractivity contribution >= 4 is 34.8 Å². The molecule has 19 heavy (non-hydrogen) atoms. The molecule has 0 bridgehead atoms. The molecule has 2 rings (SSSR count). The van der Waals surface area contributed by atoms with Crippen molar-refractivity contribution in [2.24, 2.45) is 5.73 Å². The van der Waals surface area contributed by atoms with Gasteiger partial charge in [0.15, 0.2) is 0 Å². The van der Waals surface area contributed by atoms with Crippen molar-refractivity contribution in [1.29, 1.82) is 0 Å². The average Bonchev–Trinajstić information content (AvgIpc) is 2.38. The molecule has 0 aromatic heterocycles. The van der Waals surface area contributed by atoms with E-state index in [-0.39, 0.29) is 0 Å². The minimum atomic E-state index is -0.436. The van der Waals surface area contributed by atoms with Crippen molar-refractivity contribution in [3.63, 3.8) is 0 Å². The number of anilines is 1. The van der Waals surface area contributed by atoms with E-state index < -0.39 is 5.91 Å². The van der Waals surface area contributed by atoms with Gasteiger partial charge in [0.1, 0.15) is 0 Å². The predicted molar refractivity (Wildman–Crippen MR) is 78.7 cm³/mol. The molecule has 0 saturated carbocycles. The van der Waals surface area contributed by atoms with Crippen LogP contribution in [-0.4, -0.2) is 5.91 Å². The molecule has 98 valence electrons. The van der Waals surface area contributed by atoms with E-state index in [0.29, 0.717) is 27.8 Å². The minimum Gasteiger partial charge on any atom is -0.379 e. The second-order valence-corrected chi connectivity index (χ2v) is 4.83. The first kappa shape index (κ1) is 13.7. The zero-order chi connectivity index (χ0) is 13.8. The van der Waals surface area contributed by atoms with Crippen LogP contribution in [0.25, 0.3) is 0 Å². The number of hydrogen-bond acceptors (Lipinski definition) is 2. The summed E-state index contributed by atoms with van der Waals surface area (Å²) in [5, 5.41) is 4.31. The normalized spacial score (nSPS) is 10.2. The summed E-state index contributed by atoms with van der Waals surface area (Å²) >= 11 is 12.1. The van der Waals surface area contributed by atoms with Gasteiger partial charge in [-0.2, -0.15) is 0 Å². The Bertz CT molecular complexity index is 577. The molecule has 2 aromatic carbocycles. The number of amides is 1. The lowest BCUT2D eigenvalue weighted by atomic mass is 10.1. The Morgan fingerprint density at radius 2 is 1.63 bits per heavy atom. The standard InChI is InChI=1S/C14H12Cl2N2O/c15-11-2-1-3-12(16)13(11)18-8-9-4-6-10(7-5-9)14(17)19/h1-7,18H,8H2,(H2,17,19). The zero-order valence-corrected chi connectivity index (χ0v) is 11.5. The van der Waals surface area contributed by atoms with Gasteiger partial charge in [-0.1, -0.05) is 41.4 Å². The number of hydrogen-bond donors (Lipinski definition) is 2. The summed E-state index contributed by atoms with van der Waals surface area (Å²) in [5.74, 6) is -0.436. The first-order chi connectivity index (χ1) is 9.08. The third kappa shape index (κ3) is 3.40. The Hall–Kier alpha value is -1.71. The summed E-state index contributed by atoms with van der Waals surface area (Å²) < 4.78 is 0. The summed E-state index contributed by atoms with van der Waals surface area (Å²) in [7, 11) is 0. The Labute approximate surface area is 121 Å². The van der Waals surface area contributed by atoms with Gasteiger partial charge in [-0.3, -0.25) is 4.79 Å². The van der Waals surface area contributed by atoms with Crippen LogP contribution in [0.4, 0.5) is 5.69 Å². The smallest absolute Gasteiger partial charge is 0.248 e. The Morgan fingerprint density at radius 3 is 2.16 bits per heavy atom. The fourth-order valence-electron chi connectivity index (χ4n) is 1.64. The lowest BCUT2D eigenvalue weighted by molar-refractivity contribution is 0.100. The van der Waals surface area contributed by atoms with Crippen LogP contribution in [0.2, 0.25) is 10.0 Å². The number of benzene rings is 2. The monoisotopic (exact) mass is 294 g/mol. The van der Waals surface area contributed by atoms with Crippen LogP contribution < -0.4 is 11.1 Å². The van der Waals surface area contributed by atoms with E-state index in [1.807, 2.05) is 12.1 Å². The molecule has 0 fully saturated rings. The Kier molecular flexibility index (Phi) is 4.30. The van der Waals surface area contributed by atoms with Gasteiger partial charge in [-0.25, -0.2) is 0 Å². The number of primary amides is 1. The molecule has 1 amide bonds. The lowest BCUT2D eigenvalue weighted by Gasteiger charge is -2.10. The minimum absolute atomic E-state index is 0.436. The van der Waals surface area contributed by atoms with Gasteiger partial charge in [-0.05, 0) is 29.8 Å². The molecule has 0 atom stereocenters. The van der Waals surface area contributed by atoms with Crippen LogP contribution in [0.15, 0.2) is 42.5 Å². The van der Waals surface area contributed by atoms with Gasteiger partial charge in [0.25, 0.3) is 0 Å². The molecule has 0 aliphatic heterocycles. The molecular weight excluding hydrogens is 283 g/mol. The van der Waals surface area contributed by atoms with Gasteiger partial charge in [0.2, 0.25) is 5.91 Å². The zero-order valence-electron chi connectivity index (χ0n) is 9.99. The number of nitrogens with one attached hydrogen (secondary N) is 1. The van der Waals surface area contributed by atoms with Gasteiger partial charge in [0, 0.05) is 12.1 Å². The number of nitrogens with two attached hydrogens (primary N) is 1. The third-order valence-corrected chi connectivity index (χ3v) is 3.30. The van der Waals surface area contributed by atoms with Crippen molar-refractivity contribution in [2.45, 2.75) is 6.54 Å². The third-order valence-electron chi connectivity index (χ3n) is 2.67. The largest absolute Gasteiger partial charge is 0.379 e. The van der Waals surface area contributed by atoms with E-state index in [1.165, 1.54) is 0 Å². The second kappa shape index (κ2) is 5.95. The van der Waals surface area contributed by atoms with Gasteiger partial charge < -0.3 is 11.1 Å². The molecule has 5 heteroatoms. The molecule has 0 spiro atoms. The molecule has 2 aromatic rings. The summed E-state index contributed by atoms with van der Waals surface area (Å²) in [5.41, 5.74) is 7.36. The number of para-hydroxylation sites is 1. The number of rotatable bonds is 4. The Balaban J connectivity index is 2.08. The maximum Gasteiger partial charge on any atom is 0.248 e. The first-order valence-electron chi connectivity index (χ1n) is 5.64. The highest BCUT2D eigenvalue weighted by Crippen LogP contribution is 2.30. The van der Waals surface area contributed by atoms with Crippen molar-refractivity contribution in [2.75, 3.05) is 5.32 Å². The summed E-state index contributed by atoms with van der Waals surface area (Å²) in [4.78, 5) is 11.0. The highest BCUT2D eigenvalue weighted by molar-refractivity contribution is 6.39. The van der Waals surface area contributed by atoms with E-state index in [2.05, 4.69) is 5.32 Å². The van der Waals surface area contributed by atoms with Crippen molar-refractivity contribution in [3.05, 3.63) is 63.6 Å². The molecule has 0 unspecified atom stereocenters. The predicted octanol–water partition coefficient (Wildman–Crippen LogP) is 3.70. The molecule has 0 aliphatic carbocycles. The molecule has 0 aliphatic rings. The molecule has 3 N–H and O–H groups in total. The average molecular weight is 295 g/mol. The fourth-order valence-corrected chi connectivity index (χ4v) is 2.18. The second-order valence-electron chi connectivity index (χ2n) is 4.01. The van der Waals surface area contributed by atoms with Crippen molar-refractivity contribution in [3.8, 4) is 0 Å². The van der Waals surface area contributed by atoms with Crippen LogP contribution >= 0.6 is 23.2 Å². The van der Waals surface area contributed by atoms with E-state index in [0.717, 1.165) is 5.56 Å². The quantitative estimate of drug-likeness (QED) is 0.903. The van der Waals surface area contributed by atoms with Crippen molar-refractivity contribution in [1.82, 2.24) is 0 Å². The maximum absolute atomic E-state index is 11.0. The topological polar surface area (TPSA) is 55.1 Å². The Morgan fingerprint density at radius 1 is 1.05 bits per heavy atom. The van der Waals surface area contributed by atoms with Crippen LogP contribution in [-0.2, 0) is 6.54 Å². The van der Waals surface area contributed by atoms with E-state index in [1.54, 1.807) is 30.3 Å². The molecule has 0 radical (unpaired) electrons. The fraction of sp³-hybridized carbons (Fsp3) is 0.0714. The van der Waals surface area contributed by atoms with E-state index in [9.17, 15) is 4.79 Å². The van der Waals surface area contributed by atoms with Crippen LogP contribution in [0, 0.1) is 0 Å². The first-order valence-corrected chi connectivity index (χ1v) is 6.40. The van der Waals surface area contributed by atoms with Crippen LogP contribution in [0.3, 0.4) is 0 Å². The van der Waals surface area contributed by atoms with E-state index in [4.69, 9.17) is 28.9 Å². The molecule has 3 nitrogen and oxygen atoms in total. The van der Waals surface area contributed by atoms with Crippen LogP contribution in [0.1, 0.15) is 15.9 Å². The number of carbonyl (C=O) groups excluding carboxylic acids is 1. The molecule has 0 heterocycles. The highest BCUT2D eigenvalue weighted by Gasteiger charge is 2.05. The molecule has 0 saturated heterocycles. The summed E-state index contributed by atoms with van der Waals surface area (Å²) in [6.07, 6.45) is 0. The highest BCUT2D eigenvalue weighted by atomic mass is 35.5.